The number of hydrogen-bond acceptors (Lipinski definition) is 2. The second-order valence-electron chi connectivity index (χ2n) is 2.29. The molecule has 0 aliphatic carbocycles. The van der Waals surface area contributed by atoms with Gasteiger partial charge in [0.25, 0.3) is 0 Å². The maximum atomic E-state index is 2.41. The summed E-state index contributed by atoms with van der Waals surface area (Å²) in [6.07, 6.45) is 1.37. The summed E-state index contributed by atoms with van der Waals surface area (Å²) in [4.78, 5) is 2.41. The molecule has 2 heterocycles. The lowest BCUT2D eigenvalue weighted by Crippen LogP contribution is -2.36. The highest BCUT2D eigenvalue weighted by molar-refractivity contribution is 7.14. The van der Waals surface area contributed by atoms with Crippen molar-refractivity contribution in [1.82, 2.24) is 0 Å². The Morgan fingerprint density at radius 3 is 2.78 bits per heavy atom. The van der Waals surface area contributed by atoms with Crippen LogP contribution in [0.25, 0.3) is 0 Å². The minimum Gasteiger partial charge on any atom is -0.363 e. The Morgan fingerprint density at radius 1 is 1.44 bits per heavy atom. The Balaban J connectivity index is 2.14. The fourth-order valence-corrected chi connectivity index (χ4v) is 1.77. The van der Waals surface area contributed by atoms with Crippen molar-refractivity contribution in [1.29, 1.82) is 0 Å². The first-order valence-electron chi connectivity index (χ1n) is 3.25. The first-order chi connectivity index (χ1) is 4.47. The minimum absolute atomic E-state index is 1.26. The summed E-state index contributed by atoms with van der Waals surface area (Å²) in [5.41, 5.74) is 0. The van der Waals surface area contributed by atoms with Crippen molar-refractivity contribution in [3.8, 4) is 0 Å². The predicted octanol–water partition coefficient (Wildman–Crippen LogP) is 1.96. The number of hydrogen-bond donors (Lipinski definition) is 0. The second-order valence-corrected chi connectivity index (χ2v) is 3.22. The van der Waals surface area contributed by atoms with Gasteiger partial charge in [-0.3, -0.25) is 0 Å². The predicted molar refractivity (Wildman–Crippen MR) is 41.1 cm³/mol. The van der Waals surface area contributed by atoms with E-state index in [0.717, 1.165) is 0 Å². The van der Waals surface area contributed by atoms with Gasteiger partial charge >= 0.3 is 0 Å². The van der Waals surface area contributed by atoms with Crippen molar-refractivity contribution < 1.29 is 0 Å². The van der Waals surface area contributed by atoms with Crippen molar-refractivity contribution in [2.45, 2.75) is 6.42 Å². The van der Waals surface area contributed by atoms with Gasteiger partial charge in [0.2, 0.25) is 0 Å². The lowest BCUT2D eigenvalue weighted by Gasteiger charge is -2.31. The molecule has 0 unspecified atom stereocenters. The van der Waals surface area contributed by atoms with Crippen LogP contribution in [0.3, 0.4) is 0 Å². The molecule has 2 heteroatoms. The summed E-state index contributed by atoms with van der Waals surface area (Å²) in [5.74, 6) is 0. The Kier molecular flexibility index (Phi) is 1.19. The molecule has 1 aliphatic heterocycles. The standard InChI is InChI=1S/C7H9NS/c1-3-7(9-6-1)8-4-2-5-8/h1,3,6H,2,4-5H2. The number of nitrogens with zero attached hydrogens (tertiary/aromatic N) is 1. The molecule has 0 amide bonds. The SMILES string of the molecule is c1csc(N2CCC2)c1. The van der Waals surface area contributed by atoms with Gasteiger partial charge in [-0.25, -0.2) is 0 Å². The molecule has 9 heavy (non-hydrogen) atoms. The van der Waals surface area contributed by atoms with Gasteiger partial charge < -0.3 is 4.90 Å². The van der Waals surface area contributed by atoms with Crippen LogP contribution in [0.4, 0.5) is 5.00 Å². The molecule has 0 saturated carbocycles. The van der Waals surface area contributed by atoms with Gasteiger partial charge in [-0.05, 0) is 23.9 Å². The Labute approximate surface area is 58.9 Å². The van der Waals surface area contributed by atoms with Crippen molar-refractivity contribution in [2.24, 2.45) is 0 Å². The molecule has 0 atom stereocenters. The van der Waals surface area contributed by atoms with E-state index in [-0.39, 0.29) is 0 Å². The highest BCUT2D eigenvalue weighted by atomic mass is 32.1. The van der Waals surface area contributed by atoms with Crippen LogP contribution < -0.4 is 4.90 Å². The van der Waals surface area contributed by atoms with Gasteiger partial charge in [0, 0.05) is 13.1 Å². The molecule has 1 aromatic rings. The van der Waals surface area contributed by atoms with Crippen LogP contribution in [0.5, 0.6) is 0 Å². The maximum absolute atomic E-state index is 2.41. The number of rotatable bonds is 1. The fraction of sp³-hybridized carbons (Fsp3) is 0.429. The van der Waals surface area contributed by atoms with E-state index in [1.807, 2.05) is 11.3 Å². The zero-order valence-corrected chi connectivity index (χ0v) is 6.03. The monoisotopic (exact) mass is 139 g/mol. The molecule has 0 aromatic carbocycles. The van der Waals surface area contributed by atoms with E-state index in [1.165, 1.54) is 24.5 Å². The van der Waals surface area contributed by atoms with E-state index >= 15 is 0 Å². The third-order valence-electron chi connectivity index (χ3n) is 1.67. The topological polar surface area (TPSA) is 3.24 Å². The molecular weight excluding hydrogens is 130 g/mol. The van der Waals surface area contributed by atoms with Gasteiger partial charge in [0.05, 0.1) is 5.00 Å². The smallest absolute Gasteiger partial charge is 0.0908 e. The highest BCUT2D eigenvalue weighted by Gasteiger charge is 2.13. The van der Waals surface area contributed by atoms with Crippen LogP contribution in [-0.2, 0) is 0 Å². The van der Waals surface area contributed by atoms with Crippen molar-refractivity contribution in [3.63, 3.8) is 0 Å². The van der Waals surface area contributed by atoms with E-state index in [1.54, 1.807) is 0 Å². The molecule has 0 N–H and O–H groups in total. The summed E-state index contributed by atoms with van der Waals surface area (Å²) >= 11 is 1.83. The van der Waals surface area contributed by atoms with E-state index in [9.17, 15) is 0 Å². The summed E-state index contributed by atoms with van der Waals surface area (Å²) in [5, 5.41) is 3.56. The normalized spacial score (nSPS) is 17.6. The second kappa shape index (κ2) is 2.03. The molecular formula is C7H9NS. The van der Waals surface area contributed by atoms with Gasteiger partial charge in [-0.2, -0.15) is 0 Å². The number of anilines is 1. The summed E-state index contributed by atoms with van der Waals surface area (Å²) < 4.78 is 0. The van der Waals surface area contributed by atoms with Gasteiger partial charge in [0.15, 0.2) is 0 Å². The van der Waals surface area contributed by atoms with Crippen LogP contribution in [0.2, 0.25) is 0 Å². The van der Waals surface area contributed by atoms with Gasteiger partial charge in [0.1, 0.15) is 0 Å². The molecule has 0 radical (unpaired) electrons. The third-order valence-corrected chi connectivity index (χ3v) is 2.60. The quantitative estimate of drug-likeness (QED) is 0.575. The zero-order chi connectivity index (χ0) is 6.10. The molecule has 1 saturated heterocycles. The molecule has 1 nitrogen and oxygen atoms in total. The van der Waals surface area contributed by atoms with E-state index < -0.39 is 0 Å². The van der Waals surface area contributed by atoms with E-state index in [0.29, 0.717) is 0 Å². The molecule has 2 rings (SSSR count). The zero-order valence-electron chi connectivity index (χ0n) is 5.21. The third kappa shape index (κ3) is 0.833. The average molecular weight is 139 g/mol. The molecule has 1 fully saturated rings. The fourth-order valence-electron chi connectivity index (χ4n) is 0.986. The highest BCUT2D eigenvalue weighted by Crippen LogP contribution is 2.25. The molecule has 1 aliphatic rings. The van der Waals surface area contributed by atoms with Crippen LogP contribution in [0, 0.1) is 0 Å². The Hall–Kier alpha value is -0.500. The maximum Gasteiger partial charge on any atom is 0.0908 e. The van der Waals surface area contributed by atoms with Crippen molar-refractivity contribution >= 4 is 16.3 Å². The summed E-state index contributed by atoms with van der Waals surface area (Å²) in [7, 11) is 0. The van der Waals surface area contributed by atoms with Crippen LogP contribution in [0.15, 0.2) is 17.5 Å². The van der Waals surface area contributed by atoms with Crippen LogP contribution in [0.1, 0.15) is 6.42 Å². The lowest BCUT2D eigenvalue weighted by molar-refractivity contribution is 0.623. The van der Waals surface area contributed by atoms with Crippen molar-refractivity contribution in [2.75, 3.05) is 18.0 Å². The van der Waals surface area contributed by atoms with E-state index in [4.69, 9.17) is 0 Å². The Bertz CT molecular complexity index is 177. The summed E-state index contributed by atoms with van der Waals surface area (Å²) in [6.45, 7) is 2.53. The molecule has 1 aromatic heterocycles. The molecule has 48 valence electrons. The first kappa shape index (κ1) is 5.30. The minimum atomic E-state index is 1.26. The van der Waals surface area contributed by atoms with Crippen molar-refractivity contribution in [3.05, 3.63) is 17.5 Å². The van der Waals surface area contributed by atoms with E-state index in [2.05, 4.69) is 22.4 Å². The first-order valence-corrected chi connectivity index (χ1v) is 4.13. The lowest BCUT2D eigenvalue weighted by atomic mass is 10.2. The summed E-state index contributed by atoms with van der Waals surface area (Å²) in [6, 6.07) is 4.29. The van der Waals surface area contributed by atoms with Gasteiger partial charge in [-0.15, -0.1) is 11.3 Å². The Morgan fingerprint density at radius 2 is 2.33 bits per heavy atom. The number of thiophene rings is 1. The largest absolute Gasteiger partial charge is 0.363 e. The van der Waals surface area contributed by atoms with Crippen LogP contribution in [-0.4, -0.2) is 13.1 Å². The average Bonchev–Trinajstić information content (AvgIpc) is 2.11. The van der Waals surface area contributed by atoms with Crippen LogP contribution >= 0.6 is 11.3 Å². The molecule has 0 bridgehead atoms. The van der Waals surface area contributed by atoms with Gasteiger partial charge in [-0.1, -0.05) is 0 Å². The molecule has 0 spiro atoms.